The maximum Gasteiger partial charge on any atom is 0.243 e. The van der Waals surface area contributed by atoms with Gasteiger partial charge in [0.25, 0.3) is 0 Å². The molecule has 21 heavy (non-hydrogen) atoms. The van der Waals surface area contributed by atoms with Crippen LogP contribution in [0.2, 0.25) is 0 Å². The van der Waals surface area contributed by atoms with Gasteiger partial charge in [-0.15, -0.1) is 0 Å². The van der Waals surface area contributed by atoms with Crippen molar-refractivity contribution in [2.75, 3.05) is 7.05 Å². The first kappa shape index (κ1) is 16.5. The number of rotatable bonds is 6. The summed E-state index contributed by atoms with van der Waals surface area (Å²) in [4.78, 5) is 0.438. The van der Waals surface area contributed by atoms with Crippen LogP contribution in [0.4, 0.5) is 0 Å². The second-order valence-electron chi connectivity index (χ2n) is 6.10. The van der Waals surface area contributed by atoms with Gasteiger partial charge in [-0.1, -0.05) is 44.9 Å². The highest BCUT2D eigenvalue weighted by Crippen LogP contribution is 2.28. The Kier molecular flexibility index (Phi) is 5.41. The lowest BCUT2D eigenvalue weighted by atomic mass is 10.2. The van der Waals surface area contributed by atoms with E-state index in [1.807, 2.05) is 12.1 Å². The minimum Gasteiger partial charge on any atom is -0.310 e. The van der Waals surface area contributed by atoms with Gasteiger partial charge in [0.05, 0.1) is 4.90 Å². The number of nitrogens with zero attached hydrogens (tertiary/aromatic N) is 1. The highest BCUT2D eigenvalue weighted by atomic mass is 32.2. The van der Waals surface area contributed by atoms with Gasteiger partial charge in [0.1, 0.15) is 0 Å². The summed E-state index contributed by atoms with van der Waals surface area (Å²) >= 11 is 0. The molecule has 0 atom stereocenters. The van der Waals surface area contributed by atoms with Crippen molar-refractivity contribution in [2.45, 2.75) is 63.1 Å². The normalized spacial score (nSPS) is 17.0. The van der Waals surface area contributed by atoms with Gasteiger partial charge in [0.2, 0.25) is 10.0 Å². The van der Waals surface area contributed by atoms with Gasteiger partial charge in [-0.2, -0.15) is 4.31 Å². The van der Waals surface area contributed by atoms with E-state index in [0.717, 1.165) is 31.2 Å². The Morgan fingerprint density at radius 3 is 2.48 bits per heavy atom. The van der Waals surface area contributed by atoms with E-state index >= 15 is 0 Å². The zero-order chi connectivity index (χ0) is 15.5. The zero-order valence-corrected chi connectivity index (χ0v) is 14.0. The van der Waals surface area contributed by atoms with Crippen molar-refractivity contribution in [3.8, 4) is 0 Å². The van der Waals surface area contributed by atoms with Crippen molar-refractivity contribution in [2.24, 2.45) is 0 Å². The average molecular weight is 310 g/mol. The van der Waals surface area contributed by atoms with Gasteiger partial charge >= 0.3 is 0 Å². The van der Waals surface area contributed by atoms with Crippen molar-refractivity contribution >= 4 is 10.0 Å². The largest absolute Gasteiger partial charge is 0.310 e. The molecule has 1 aliphatic rings. The Morgan fingerprint density at radius 1 is 1.24 bits per heavy atom. The Labute approximate surface area is 128 Å². The molecule has 0 radical (unpaired) electrons. The lowest BCUT2D eigenvalue weighted by Gasteiger charge is -2.25. The molecule has 0 aliphatic heterocycles. The summed E-state index contributed by atoms with van der Waals surface area (Å²) in [6, 6.07) is 7.79. The average Bonchev–Trinajstić information content (AvgIpc) is 2.98. The fourth-order valence-electron chi connectivity index (χ4n) is 2.83. The molecule has 0 saturated heterocycles. The topological polar surface area (TPSA) is 49.4 Å². The number of hydrogen-bond donors (Lipinski definition) is 1. The fraction of sp³-hybridized carbons (Fsp3) is 0.625. The summed E-state index contributed by atoms with van der Waals surface area (Å²) in [5.74, 6) is 0. The summed E-state index contributed by atoms with van der Waals surface area (Å²) in [6.45, 7) is 4.69. The number of benzene rings is 1. The molecule has 1 N–H and O–H groups in total. The Bertz CT molecular complexity index is 563. The van der Waals surface area contributed by atoms with Gasteiger partial charge in [0.15, 0.2) is 0 Å². The predicted molar refractivity (Wildman–Crippen MR) is 85.6 cm³/mol. The standard InChI is InChI=1S/C16H26N2O2S/c1-13(2)17-12-14-8-4-7-11-16(14)21(19,20)18(3)15-9-5-6-10-15/h4,7-8,11,13,15,17H,5-6,9-10,12H2,1-3H3. The molecule has 1 aliphatic carbocycles. The Balaban J connectivity index is 2.26. The molecular weight excluding hydrogens is 284 g/mol. The first-order valence-corrected chi connectivity index (χ1v) is 9.16. The monoisotopic (exact) mass is 310 g/mol. The molecule has 0 spiro atoms. The number of nitrogens with one attached hydrogen (secondary N) is 1. The summed E-state index contributed by atoms with van der Waals surface area (Å²) in [5, 5.41) is 3.30. The molecule has 1 aromatic carbocycles. The van der Waals surface area contributed by atoms with E-state index in [0.29, 0.717) is 17.5 Å². The van der Waals surface area contributed by atoms with Crippen molar-refractivity contribution in [3.05, 3.63) is 29.8 Å². The Hall–Kier alpha value is -0.910. The van der Waals surface area contributed by atoms with Gasteiger partial charge in [0, 0.05) is 25.7 Å². The van der Waals surface area contributed by atoms with Crippen molar-refractivity contribution in [1.82, 2.24) is 9.62 Å². The van der Waals surface area contributed by atoms with E-state index in [-0.39, 0.29) is 6.04 Å². The van der Waals surface area contributed by atoms with E-state index in [2.05, 4.69) is 19.2 Å². The third-order valence-corrected chi connectivity index (χ3v) is 6.18. The third kappa shape index (κ3) is 3.84. The van der Waals surface area contributed by atoms with E-state index in [1.54, 1.807) is 23.5 Å². The first-order chi connectivity index (χ1) is 9.93. The van der Waals surface area contributed by atoms with Crippen LogP contribution in [0.1, 0.15) is 45.1 Å². The molecule has 1 fully saturated rings. The van der Waals surface area contributed by atoms with Gasteiger partial charge in [-0.25, -0.2) is 8.42 Å². The van der Waals surface area contributed by atoms with Crippen molar-refractivity contribution in [1.29, 1.82) is 0 Å². The van der Waals surface area contributed by atoms with E-state index < -0.39 is 10.0 Å². The van der Waals surface area contributed by atoms with Gasteiger partial charge in [-0.05, 0) is 24.5 Å². The highest BCUT2D eigenvalue weighted by molar-refractivity contribution is 7.89. The summed E-state index contributed by atoms with van der Waals surface area (Å²) in [7, 11) is -1.69. The van der Waals surface area contributed by atoms with Crippen LogP contribution >= 0.6 is 0 Å². The summed E-state index contributed by atoms with van der Waals surface area (Å²) in [6.07, 6.45) is 4.20. The second-order valence-corrected chi connectivity index (χ2v) is 8.07. The van der Waals surface area contributed by atoms with Crippen LogP contribution in [0.5, 0.6) is 0 Å². The van der Waals surface area contributed by atoms with Gasteiger partial charge in [-0.3, -0.25) is 0 Å². The summed E-state index contributed by atoms with van der Waals surface area (Å²) < 4.78 is 27.3. The van der Waals surface area contributed by atoms with Crippen LogP contribution in [0.15, 0.2) is 29.2 Å². The third-order valence-electron chi connectivity index (χ3n) is 4.17. The molecule has 4 nitrogen and oxygen atoms in total. The molecule has 1 aromatic rings. The Morgan fingerprint density at radius 2 is 1.86 bits per heavy atom. The van der Waals surface area contributed by atoms with Crippen LogP contribution in [-0.2, 0) is 16.6 Å². The maximum absolute atomic E-state index is 12.9. The van der Waals surface area contributed by atoms with E-state index in [9.17, 15) is 8.42 Å². The first-order valence-electron chi connectivity index (χ1n) is 7.72. The van der Waals surface area contributed by atoms with Crippen LogP contribution in [0.3, 0.4) is 0 Å². The molecule has 0 aromatic heterocycles. The SMILES string of the molecule is CC(C)NCc1ccccc1S(=O)(=O)N(C)C1CCCC1. The van der Waals surface area contributed by atoms with Crippen LogP contribution in [0.25, 0.3) is 0 Å². The number of hydrogen-bond acceptors (Lipinski definition) is 3. The molecule has 1 saturated carbocycles. The minimum atomic E-state index is -3.41. The lowest BCUT2D eigenvalue weighted by molar-refractivity contribution is 0.372. The quantitative estimate of drug-likeness (QED) is 0.879. The van der Waals surface area contributed by atoms with E-state index in [1.165, 1.54) is 0 Å². The summed E-state index contributed by atoms with van der Waals surface area (Å²) in [5.41, 5.74) is 0.844. The van der Waals surface area contributed by atoms with Crippen LogP contribution in [-0.4, -0.2) is 31.9 Å². The molecule has 2 rings (SSSR count). The van der Waals surface area contributed by atoms with Crippen molar-refractivity contribution in [3.63, 3.8) is 0 Å². The van der Waals surface area contributed by atoms with Crippen LogP contribution in [0, 0.1) is 0 Å². The second kappa shape index (κ2) is 6.90. The van der Waals surface area contributed by atoms with Gasteiger partial charge < -0.3 is 5.32 Å². The smallest absolute Gasteiger partial charge is 0.243 e. The molecule has 0 heterocycles. The fourth-order valence-corrected chi connectivity index (χ4v) is 4.47. The molecule has 0 unspecified atom stereocenters. The van der Waals surface area contributed by atoms with Crippen molar-refractivity contribution < 1.29 is 8.42 Å². The molecule has 118 valence electrons. The maximum atomic E-state index is 12.9. The number of sulfonamides is 1. The lowest BCUT2D eigenvalue weighted by Crippen LogP contribution is -2.36. The molecule has 0 amide bonds. The van der Waals surface area contributed by atoms with E-state index in [4.69, 9.17) is 0 Å². The zero-order valence-electron chi connectivity index (χ0n) is 13.2. The highest BCUT2D eigenvalue weighted by Gasteiger charge is 2.31. The molecule has 5 heteroatoms. The minimum absolute atomic E-state index is 0.154. The van der Waals surface area contributed by atoms with Crippen LogP contribution < -0.4 is 5.32 Å². The molecule has 0 bridgehead atoms. The molecular formula is C16H26N2O2S. The predicted octanol–water partition coefficient (Wildman–Crippen LogP) is 2.75.